The van der Waals surface area contributed by atoms with Crippen LogP contribution in [0, 0.1) is 34.0 Å². The Kier molecular flexibility index (Phi) is 5.10. The van der Waals surface area contributed by atoms with E-state index in [9.17, 15) is 5.11 Å². The van der Waals surface area contributed by atoms with Gasteiger partial charge in [-0.1, -0.05) is 46.3 Å². The van der Waals surface area contributed by atoms with Gasteiger partial charge in [0, 0.05) is 6.54 Å². The third-order valence-corrected chi connectivity index (χ3v) is 10.9. The molecule has 1 saturated heterocycles. The van der Waals surface area contributed by atoms with Crippen LogP contribution in [0.5, 0.6) is 0 Å². The van der Waals surface area contributed by atoms with Crippen LogP contribution in [-0.4, -0.2) is 35.7 Å². The zero-order valence-corrected chi connectivity index (χ0v) is 20.3. The summed E-state index contributed by atoms with van der Waals surface area (Å²) in [4.78, 5) is 2.72. The first-order chi connectivity index (χ1) is 14.2. The molecule has 5 aliphatic rings. The van der Waals surface area contributed by atoms with Crippen LogP contribution in [0.15, 0.2) is 22.8 Å². The third kappa shape index (κ3) is 2.95. The first-order valence-corrected chi connectivity index (χ1v) is 13.0. The van der Waals surface area contributed by atoms with E-state index >= 15 is 0 Å². The summed E-state index contributed by atoms with van der Waals surface area (Å²) >= 11 is 0. The van der Waals surface area contributed by atoms with Crippen molar-refractivity contribution in [2.24, 2.45) is 34.0 Å². The fraction of sp³-hybridized carbons (Fsp3) is 0.857. The summed E-state index contributed by atoms with van der Waals surface area (Å²) in [6.45, 7) is 16.3. The lowest BCUT2D eigenvalue weighted by Crippen LogP contribution is -2.53. The van der Waals surface area contributed by atoms with Crippen LogP contribution < -0.4 is 0 Å². The van der Waals surface area contributed by atoms with E-state index < -0.39 is 0 Å². The van der Waals surface area contributed by atoms with Crippen LogP contribution >= 0.6 is 0 Å². The van der Waals surface area contributed by atoms with E-state index in [0.717, 1.165) is 18.3 Å². The van der Waals surface area contributed by atoms with E-state index in [1.807, 2.05) is 0 Å². The minimum atomic E-state index is -0.131. The highest BCUT2D eigenvalue weighted by Gasteiger charge is 2.57. The number of hydrogen-bond donors (Lipinski definition) is 1. The summed E-state index contributed by atoms with van der Waals surface area (Å²) in [6.07, 6.45) is 14.0. The van der Waals surface area contributed by atoms with Gasteiger partial charge in [0.25, 0.3) is 0 Å². The fourth-order valence-electron chi connectivity index (χ4n) is 9.08. The van der Waals surface area contributed by atoms with E-state index in [1.54, 1.807) is 16.7 Å². The van der Waals surface area contributed by atoms with Crippen molar-refractivity contribution in [3.63, 3.8) is 0 Å². The zero-order valence-electron chi connectivity index (χ0n) is 20.3. The smallest absolute Gasteiger partial charge is 0.0594 e. The van der Waals surface area contributed by atoms with E-state index in [1.165, 1.54) is 71.0 Å². The second-order valence-electron chi connectivity index (χ2n) is 12.7. The van der Waals surface area contributed by atoms with Gasteiger partial charge in [-0.15, -0.1) is 0 Å². The lowest BCUT2D eigenvalue weighted by molar-refractivity contribution is -0.0905. The summed E-state index contributed by atoms with van der Waals surface area (Å²) in [6, 6.07) is 0. The van der Waals surface area contributed by atoms with Crippen molar-refractivity contribution in [3.8, 4) is 0 Å². The Morgan fingerprint density at radius 2 is 1.77 bits per heavy atom. The molecule has 2 heteroatoms. The highest BCUT2D eigenvalue weighted by Crippen LogP contribution is 2.66. The van der Waals surface area contributed by atoms with Crippen LogP contribution in [0.1, 0.15) is 92.4 Å². The third-order valence-electron chi connectivity index (χ3n) is 10.9. The Labute approximate surface area is 185 Å². The first-order valence-electron chi connectivity index (χ1n) is 13.0. The Morgan fingerprint density at radius 1 is 1.03 bits per heavy atom. The molecule has 30 heavy (non-hydrogen) atoms. The number of nitrogens with zero attached hydrogens (tertiary/aromatic N) is 1. The minimum absolute atomic E-state index is 0.0448. The highest BCUT2D eigenvalue weighted by atomic mass is 16.3. The van der Waals surface area contributed by atoms with Crippen LogP contribution in [0.4, 0.5) is 0 Å². The molecule has 2 fully saturated rings. The number of aliphatic hydroxyl groups excluding tert-OH is 1. The normalized spacial score (nSPS) is 44.3. The summed E-state index contributed by atoms with van der Waals surface area (Å²) in [5.41, 5.74) is 6.07. The molecule has 1 heterocycles. The molecule has 5 rings (SSSR count). The van der Waals surface area contributed by atoms with Gasteiger partial charge in [0.05, 0.1) is 6.10 Å². The van der Waals surface area contributed by atoms with Gasteiger partial charge in [-0.2, -0.15) is 0 Å². The second-order valence-corrected chi connectivity index (χ2v) is 12.7. The van der Waals surface area contributed by atoms with Crippen molar-refractivity contribution in [2.45, 2.75) is 98.5 Å². The number of fused-ring (bicyclic) bond motifs is 4. The molecule has 168 valence electrons. The zero-order chi connectivity index (χ0) is 21.3. The summed E-state index contributed by atoms with van der Waals surface area (Å²) < 4.78 is 0. The Balaban J connectivity index is 1.42. The Bertz CT molecular complexity index is 757. The van der Waals surface area contributed by atoms with Crippen LogP contribution in [0.3, 0.4) is 0 Å². The lowest BCUT2D eigenvalue weighted by atomic mass is 9.46. The maximum Gasteiger partial charge on any atom is 0.0594 e. The fourth-order valence-corrected chi connectivity index (χ4v) is 9.08. The topological polar surface area (TPSA) is 23.5 Å². The molecule has 0 amide bonds. The van der Waals surface area contributed by atoms with Gasteiger partial charge >= 0.3 is 0 Å². The quantitative estimate of drug-likeness (QED) is 0.584. The Morgan fingerprint density at radius 3 is 2.50 bits per heavy atom. The van der Waals surface area contributed by atoms with E-state index in [-0.39, 0.29) is 11.5 Å². The molecule has 1 aliphatic heterocycles. The second kappa shape index (κ2) is 7.20. The molecule has 0 spiro atoms. The van der Waals surface area contributed by atoms with Gasteiger partial charge < -0.3 is 10.0 Å². The molecule has 2 unspecified atom stereocenters. The number of allylic oxidation sites excluding steroid dienone is 4. The maximum absolute atomic E-state index is 10.8. The van der Waals surface area contributed by atoms with Crippen LogP contribution in [-0.2, 0) is 0 Å². The number of likely N-dealkylation sites (tertiary alicyclic amines) is 1. The monoisotopic (exact) mass is 411 g/mol. The predicted molar refractivity (Wildman–Crippen MR) is 125 cm³/mol. The minimum Gasteiger partial charge on any atom is -0.393 e. The van der Waals surface area contributed by atoms with Gasteiger partial charge in [0.2, 0.25) is 0 Å². The van der Waals surface area contributed by atoms with Gasteiger partial charge in [-0.25, -0.2) is 0 Å². The van der Waals surface area contributed by atoms with Gasteiger partial charge in [-0.3, -0.25) is 0 Å². The molecule has 2 nitrogen and oxygen atoms in total. The largest absolute Gasteiger partial charge is 0.393 e. The molecule has 1 saturated carbocycles. The van der Waals surface area contributed by atoms with Crippen molar-refractivity contribution < 1.29 is 5.11 Å². The molecule has 4 aliphatic carbocycles. The maximum atomic E-state index is 10.8. The SMILES string of the molecule is C[C@H](CN1CCCC1)[C@H]1CC=C2C3=C(CC[C@@]21C)[C@@]1(C)CCC(O)C(C)(C)C1CC3. The molecule has 6 atom stereocenters. The summed E-state index contributed by atoms with van der Waals surface area (Å²) in [7, 11) is 0. The number of rotatable bonds is 3. The van der Waals surface area contributed by atoms with E-state index in [0.29, 0.717) is 16.7 Å². The average Bonchev–Trinajstić information content (AvgIpc) is 3.32. The van der Waals surface area contributed by atoms with Crippen molar-refractivity contribution in [1.29, 1.82) is 0 Å². The molecule has 0 aromatic carbocycles. The summed E-state index contributed by atoms with van der Waals surface area (Å²) in [5, 5.41) is 10.8. The predicted octanol–water partition coefficient (Wildman–Crippen LogP) is 6.36. The number of aliphatic hydroxyl groups is 1. The van der Waals surface area contributed by atoms with Gasteiger partial charge in [0.1, 0.15) is 0 Å². The van der Waals surface area contributed by atoms with E-state index in [2.05, 4.69) is 45.6 Å². The van der Waals surface area contributed by atoms with Crippen LogP contribution in [0.25, 0.3) is 0 Å². The molecule has 1 N–H and O–H groups in total. The molecular formula is C28H45NO. The molecule has 0 radical (unpaired) electrons. The summed E-state index contributed by atoms with van der Waals surface area (Å²) in [5.74, 6) is 2.24. The van der Waals surface area contributed by atoms with Crippen molar-refractivity contribution >= 4 is 0 Å². The average molecular weight is 412 g/mol. The molecular weight excluding hydrogens is 366 g/mol. The molecule has 0 aromatic rings. The molecule has 0 bridgehead atoms. The molecule has 0 aromatic heterocycles. The van der Waals surface area contributed by atoms with Crippen LogP contribution in [0.2, 0.25) is 0 Å². The Hall–Kier alpha value is -0.600. The standard InChI is InChI=1S/C28H45NO/c1-19(18-29-16-6-7-17-29)21-9-10-22-20-8-11-24-26(2,3)25(30)13-15-28(24,5)23(20)12-14-27(21,22)4/h10,19,21,24-25,30H,6-9,11-18H2,1-5H3/t19-,21-,24?,25?,27-,28-/m1/s1. The van der Waals surface area contributed by atoms with Crippen molar-refractivity contribution in [1.82, 2.24) is 4.90 Å². The van der Waals surface area contributed by atoms with Crippen molar-refractivity contribution in [2.75, 3.05) is 19.6 Å². The highest BCUT2D eigenvalue weighted by molar-refractivity contribution is 5.49. The van der Waals surface area contributed by atoms with Gasteiger partial charge in [0.15, 0.2) is 0 Å². The number of hydrogen-bond acceptors (Lipinski definition) is 2. The van der Waals surface area contributed by atoms with E-state index in [4.69, 9.17) is 0 Å². The lowest BCUT2D eigenvalue weighted by Gasteiger charge is -2.59. The van der Waals surface area contributed by atoms with Crippen molar-refractivity contribution in [3.05, 3.63) is 22.8 Å². The first kappa shape index (κ1) is 21.3. The van der Waals surface area contributed by atoms with Gasteiger partial charge in [-0.05, 0) is 116 Å².